The van der Waals surface area contributed by atoms with Gasteiger partial charge >= 0.3 is 0 Å². The molecule has 8 nitrogen and oxygen atoms in total. The number of allylic oxidation sites excluding steroid dienone is 4. The fraction of sp³-hybridized carbons (Fsp3) is 0.318. The van der Waals surface area contributed by atoms with Crippen LogP contribution in [0.15, 0.2) is 60.7 Å². The number of rotatable bonds is 8. The van der Waals surface area contributed by atoms with E-state index in [0.717, 1.165) is 11.1 Å². The maximum absolute atomic E-state index is 12.3. The zero-order chi connectivity index (χ0) is 21.7. The first-order chi connectivity index (χ1) is 14.3. The van der Waals surface area contributed by atoms with Gasteiger partial charge in [0.15, 0.2) is 5.78 Å². The molecule has 2 aromatic rings. The molecule has 0 aliphatic heterocycles. The van der Waals surface area contributed by atoms with Crippen molar-refractivity contribution in [2.75, 3.05) is 5.32 Å². The number of amides is 1. The van der Waals surface area contributed by atoms with Gasteiger partial charge in [0.25, 0.3) is 5.69 Å². The van der Waals surface area contributed by atoms with Gasteiger partial charge < -0.3 is 9.88 Å². The lowest BCUT2D eigenvalue weighted by Crippen LogP contribution is -2.17. The Morgan fingerprint density at radius 1 is 1.37 bits per heavy atom. The van der Waals surface area contributed by atoms with Gasteiger partial charge in [-0.25, -0.2) is 4.98 Å². The quantitative estimate of drug-likeness (QED) is 0.520. The van der Waals surface area contributed by atoms with Crippen LogP contribution in [0.5, 0.6) is 0 Å². The number of aromatic nitrogens is 2. The van der Waals surface area contributed by atoms with Crippen LogP contribution in [-0.4, -0.2) is 26.2 Å². The molecule has 156 valence electrons. The van der Waals surface area contributed by atoms with Crippen LogP contribution in [0.3, 0.4) is 0 Å². The second kappa shape index (κ2) is 9.30. The number of hydrogen-bond acceptors (Lipinski definition) is 5. The summed E-state index contributed by atoms with van der Waals surface area (Å²) < 4.78 is 1.91. The van der Waals surface area contributed by atoms with Crippen LogP contribution >= 0.6 is 0 Å². The maximum atomic E-state index is 12.3. The number of ketones is 1. The van der Waals surface area contributed by atoms with E-state index >= 15 is 0 Å². The fourth-order valence-electron chi connectivity index (χ4n) is 3.62. The first-order valence-corrected chi connectivity index (χ1v) is 9.79. The molecule has 1 atom stereocenters. The minimum Gasteiger partial charge on any atom is -0.330 e. The van der Waals surface area contributed by atoms with Gasteiger partial charge in [-0.3, -0.25) is 19.7 Å². The van der Waals surface area contributed by atoms with Crippen LogP contribution in [0.1, 0.15) is 44.7 Å². The summed E-state index contributed by atoms with van der Waals surface area (Å²) >= 11 is 0. The number of nitrogens with one attached hydrogen (secondary N) is 1. The third kappa shape index (κ3) is 5.08. The third-order valence-electron chi connectivity index (χ3n) is 5.00. The Hall–Kier alpha value is -3.55. The Morgan fingerprint density at radius 3 is 2.80 bits per heavy atom. The van der Waals surface area contributed by atoms with Crippen molar-refractivity contribution in [3.05, 3.63) is 76.4 Å². The van der Waals surface area contributed by atoms with Crippen LogP contribution in [-0.2, 0) is 9.59 Å². The van der Waals surface area contributed by atoms with Gasteiger partial charge in [-0.1, -0.05) is 37.6 Å². The molecule has 0 bridgehead atoms. The van der Waals surface area contributed by atoms with Crippen molar-refractivity contribution in [3.63, 3.8) is 0 Å². The molecule has 0 spiro atoms. The van der Waals surface area contributed by atoms with E-state index in [1.165, 1.54) is 12.1 Å². The van der Waals surface area contributed by atoms with Crippen molar-refractivity contribution in [1.29, 1.82) is 0 Å². The van der Waals surface area contributed by atoms with E-state index in [-0.39, 0.29) is 41.4 Å². The van der Waals surface area contributed by atoms with E-state index in [1.807, 2.05) is 30.7 Å². The van der Waals surface area contributed by atoms with E-state index in [0.29, 0.717) is 12.8 Å². The van der Waals surface area contributed by atoms with E-state index in [2.05, 4.69) is 10.3 Å². The molecule has 0 radical (unpaired) electrons. The Bertz CT molecular complexity index is 1010. The van der Waals surface area contributed by atoms with Gasteiger partial charge in [0, 0.05) is 31.3 Å². The molecule has 1 aliphatic rings. The van der Waals surface area contributed by atoms with Crippen LogP contribution in [0.25, 0.3) is 0 Å². The van der Waals surface area contributed by atoms with Gasteiger partial charge in [0.2, 0.25) is 5.91 Å². The van der Waals surface area contributed by atoms with Crippen LogP contribution < -0.4 is 5.32 Å². The minimum atomic E-state index is -0.489. The molecule has 1 aliphatic carbocycles. The average Bonchev–Trinajstić information content (AvgIpc) is 3.21. The van der Waals surface area contributed by atoms with Gasteiger partial charge in [0.05, 0.1) is 17.3 Å². The highest BCUT2D eigenvalue weighted by molar-refractivity contribution is 5.94. The number of nitrogens with zero attached hydrogens (tertiary/aromatic N) is 3. The van der Waals surface area contributed by atoms with Crippen molar-refractivity contribution in [2.24, 2.45) is 5.92 Å². The molecule has 1 aromatic heterocycles. The predicted octanol–water partition coefficient (Wildman–Crippen LogP) is 4.21. The van der Waals surface area contributed by atoms with Crippen LogP contribution in [0, 0.1) is 16.0 Å². The topological polar surface area (TPSA) is 107 Å². The van der Waals surface area contributed by atoms with Gasteiger partial charge in [-0.15, -0.1) is 0 Å². The summed E-state index contributed by atoms with van der Waals surface area (Å²) in [5.41, 5.74) is 1.66. The smallest absolute Gasteiger partial charge is 0.293 e. The summed E-state index contributed by atoms with van der Waals surface area (Å²) in [5, 5.41) is 14.3. The van der Waals surface area contributed by atoms with E-state index in [4.69, 9.17) is 0 Å². The normalized spacial score (nSPS) is 14.5. The maximum Gasteiger partial charge on any atom is 0.293 e. The molecule has 1 unspecified atom stereocenters. The van der Waals surface area contributed by atoms with E-state index in [1.54, 1.807) is 30.7 Å². The average molecular weight is 408 g/mol. The summed E-state index contributed by atoms with van der Waals surface area (Å²) in [6.07, 6.45) is 11.1. The van der Waals surface area contributed by atoms with Crippen LogP contribution in [0.2, 0.25) is 0 Å². The highest BCUT2D eigenvalue weighted by Crippen LogP contribution is 2.33. The third-order valence-corrected chi connectivity index (χ3v) is 5.00. The van der Waals surface area contributed by atoms with Crippen molar-refractivity contribution in [3.8, 4) is 0 Å². The standard InChI is InChI=1S/C22H24N4O4/c1-15(2)22(25-11-10-23-14-25)17-7-8-19(20(13-17)26(29)30)24-21(28)9-6-16-4-3-5-18(27)12-16/h3-5,7-8,10-11,13-15,22H,6,9,12H2,1-2H3,(H,24,28). The molecule has 0 fully saturated rings. The number of imidazole rings is 1. The van der Waals surface area contributed by atoms with Gasteiger partial charge in [-0.2, -0.15) is 0 Å². The molecule has 3 rings (SSSR count). The van der Waals surface area contributed by atoms with Crippen molar-refractivity contribution < 1.29 is 14.5 Å². The first-order valence-electron chi connectivity index (χ1n) is 9.79. The highest BCUT2D eigenvalue weighted by atomic mass is 16.6. The molecule has 0 saturated carbocycles. The lowest BCUT2D eigenvalue weighted by Gasteiger charge is -2.23. The number of carbonyl (C=O) groups excluding carboxylic acids is 2. The summed E-state index contributed by atoms with van der Waals surface area (Å²) in [7, 11) is 0. The molecule has 0 saturated heterocycles. The zero-order valence-electron chi connectivity index (χ0n) is 16.9. The first kappa shape index (κ1) is 21.2. The Labute approximate surface area is 174 Å². The second-order valence-electron chi connectivity index (χ2n) is 7.61. The summed E-state index contributed by atoms with van der Waals surface area (Å²) in [6, 6.07) is 4.76. The van der Waals surface area contributed by atoms with E-state index < -0.39 is 4.92 Å². The molecule has 1 amide bonds. The lowest BCUT2D eigenvalue weighted by molar-refractivity contribution is -0.384. The molecule has 8 heteroatoms. The largest absolute Gasteiger partial charge is 0.330 e. The number of hydrogen-bond donors (Lipinski definition) is 1. The number of benzene rings is 1. The Morgan fingerprint density at radius 2 is 2.17 bits per heavy atom. The number of nitro groups is 1. The lowest BCUT2D eigenvalue weighted by atomic mass is 9.95. The summed E-state index contributed by atoms with van der Waals surface area (Å²) in [4.78, 5) is 39.0. The molecule has 1 heterocycles. The van der Waals surface area contributed by atoms with Gasteiger partial charge in [-0.05, 0) is 30.0 Å². The van der Waals surface area contributed by atoms with Crippen molar-refractivity contribution in [1.82, 2.24) is 9.55 Å². The number of carbonyl (C=O) groups is 2. The van der Waals surface area contributed by atoms with Crippen molar-refractivity contribution in [2.45, 2.75) is 39.2 Å². The predicted molar refractivity (Wildman–Crippen MR) is 113 cm³/mol. The molecular formula is C22H24N4O4. The molecule has 1 aromatic carbocycles. The SMILES string of the molecule is CC(C)C(c1ccc(NC(=O)CCC2=CC=CC(=O)C2)c([N+](=O)[O-])c1)n1ccnc1. The molecule has 30 heavy (non-hydrogen) atoms. The minimum absolute atomic E-state index is 0.0109. The number of anilines is 1. The van der Waals surface area contributed by atoms with Crippen LogP contribution in [0.4, 0.5) is 11.4 Å². The van der Waals surface area contributed by atoms with Gasteiger partial charge in [0.1, 0.15) is 5.69 Å². The monoisotopic (exact) mass is 408 g/mol. The molecular weight excluding hydrogens is 384 g/mol. The van der Waals surface area contributed by atoms with Crippen molar-refractivity contribution >= 4 is 23.1 Å². The number of nitro benzene ring substituents is 1. The zero-order valence-corrected chi connectivity index (χ0v) is 16.9. The fourth-order valence-corrected chi connectivity index (χ4v) is 3.62. The Balaban J connectivity index is 1.76. The second-order valence-corrected chi connectivity index (χ2v) is 7.61. The summed E-state index contributed by atoms with van der Waals surface area (Å²) in [6.45, 7) is 4.07. The summed E-state index contributed by atoms with van der Waals surface area (Å²) in [5.74, 6) is -0.139. The Kier molecular flexibility index (Phi) is 6.56. The highest BCUT2D eigenvalue weighted by Gasteiger charge is 2.23. The van der Waals surface area contributed by atoms with E-state index in [9.17, 15) is 19.7 Å². The molecule has 1 N–H and O–H groups in total.